The summed E-state index contributed by atoms with van der Waals surface area (Å²) in [7, 11) is 2.03. The number of halogens is 3. The second-order valence-corrected chi connectivity index (χ2v) is 12.9. The van der Waals surface area contributed by atoms with Gasteiger partial charge in [-0.15, -0.1) is 0 Å². The maximum atomic E-state index is 15.5. The lowest BCUT2D eigenvalue weighted by Crippen LogP contribution is -2.26. The van der Waals surface area contributed by atoms with Gasteiger partial charge in [0.2, 0.25) is 5.88 Å². The number of anilines is 1. The van der Waals surface area contributed by atoms with Gasteiger partial charge in [0.25, 0.3) is 5.92 Å². The second-order valence-electron chi connectivity index (χ2n) is 10.6. The van der Waals surface area contributed by atoms with Crippen LogP contribution in [0.15, 0.2) is 24.3 Å². The zero-order valence-corrected chi connectivity index (χ0v) is 24.7. The van der Waals surface area contributed by atoms with Gasteiger partial charge in [-0.05, 0) is 58.8 Å². The van der Waals surface area contributed by atoms with Crippen LogP contribution in [0.4, 0.5) is 19.0 Å². The molecule has 1 saturated heterocycles. The first-order valence-corrected chi connectivity index (χ1v) is 15.2. The molecular formula is C28H36F3N5O4S. The number of pyridine rings is 1. The highest BCUT2D eigenvalue weighted by Gasteiger charge is 2.36. The highest BCUT2D eigenvalue weighted by molar-refractivity contribution is 7.91. The van der Waals surface area contributed by atoms with Crippen LogP contribution in [0.2, 0.25) is 0 Å². The summed E-state index contributed by atoms with van der Waals surface area (Å²) in [5, 5.41) is 3.69. The Morgan fingerprint density at radius 2 is 1.88 bits per heavy atom. The highest BCUT2D eigenvalue weighted by atomic mass is 32.2. The van der Waals surface area contributed by atoms with Crippen molar-refractivity contribution in [2.45, 2.75) is 44.6 Å². The van der Waals surface area contributed by atoms with Gasteiger partial charge in [-0.2, -0.15) is 13.8 Å². The Morgan fingerprint density at radius 1 is 1.17 bits per heavy atom. The molecule has 41 heavy (non-hydrogen) atoms. The van der Waals surface area contributed by atoms with E-state index in [0.717, 1.165) is 11.6 Å². The largest absolute Gasteiger partial charge is 0.481 e. The summed E-state index contributed by atoms with van der Waals surface area (Å²) < 4.78 is 80.0. The molecule has 1 aromatic carbocycles. The van der Waals surface area contributed by atoms with E-state index in [2.05, 4.69) is 20.3 Å². The number of hydrogen-bond donors (Lipinski definition) is 1. The molecule has 1 aliphatic heterocycles. The van der Waals surface area contributed by atoms with E-state index in [1.54, 1.807) is 32.8 Å². The number of benzene rings is 1. The summed E-state index contributed by atoms with van der Waals surface area (Å²) in [4.78, 5) is 15.3. The van der Waals surface area contributed by atoms with E-state index in [1.165, 1.54) is 19.2 Å². The number of methoxy groups -OCH3 is 1. The number of ether oxygens (including phenoxy) is 2. The van der Waals surface area contributed by atoms with Gasteiger partial charge in [0.15, 0.2) is 5.65 Å². The summed E-state index contributed by atoms with van der Waals surface area (Å²) in [6.45, 7) is 2.97. The number of fused-ring (bicyclic) bond motifs is 1. The number of aromatic nitrogens is 3. The van der Waals surface area contributed by atoms with Crippen molar-refractivity contribution < 1.29 is 31.1 Å². The number of likely N-dealkylation sites (N-methyl/N-ethyl adjacent to an activating group) is 1. The fraction of sp³-hybridized carbons (Fsp3) is 0.536. The van der Waals surface area contributed by atoms with Gasteiger partial charge in [-0.1, -0.05) is 12.1 Å². The molecule has 13 heteroatoms. The first-order chi connectivity index (χ1) is 19.3. The van der Waals surface area contributed by atoms with Gasteiger partial charge >= 0.3 is 0 Å². The fourth-order valence-corrected chi connectivity index (χ4v) is 6.40. The minimum absolute atomic E-state index is 0.0408. The van der Waals surface area contributed by atoms with Gasteiger partial charge in [0.1, 0.15) is 33.9 Å². The lowest BCUT2D eigenvalue weighted by molar-refractivity contribution is -0.0861. The number of hydrogen-bond acceptors (Lipinski definition) is 9. The number of nitrogens with one attached hydrogen (secondary N) is 1. The molecule has 4 rings (SSSR count). The molecule has 1 aliphatic rings. The van der Waals surface area contributed by atoms with Crippen LogP contribution < -0.4 is 10.1 Å². The maximum absolute atomic E-state index is 15.5. The minimum atomic E-state index is -3.52. The molecule has 224 valence electrons. The molecule has 1 N–H and O–H groups in total. The van der Waals surface area contributed by atoms with Crippen molar-refractivity contribution in [2.75, 3.05) is 57.8 Å². The van der Waals surface area contributed by atoms with Crippen LogP contribution in [-0.2, 0) is 20.5 Å². The van der Waals surface area contributed by atoms with Crippen molar-refractivity contribution in [1.29, 1.82) is 0 Å². The third-order valence-corrected chi connectivity index (χ3v) is 8.90. The van der Waals surface area contributed by atoms with Gasteiger partial charge in [-0.25, -0.2) is 22.8 Å². The quantitative estimate of drug-likeness (QED) is 0.318. The monoisotopic (exact) mass is 595 g/mol. The number of sulfone groups is 1. The van der Waals surface area contributed by atoms with E-state index in [4.69, 9.17) is 9.47 Å². The average molecular weight is 596 g/mol. The van der Waals surface area contributed by atoms with Crippen LogP contribution in [0.25, 0.3) is 11.0 Å². The molecule has 0 amide bonds. The summed E-state index contributed by atoms with van der Waals surface area (Å²) in [5.41, 5.74) is 0.379. The number of aryl methyl sites for hydroxylation is 1. The van der Waals surface area contributed by atoms with E-state index in [9.17, 15) is 17.2 Å². The van der Waals surface area contributed by atoms with E-state index >= 15 is 4.39 Å². The zero-order valence-electron chi connectivity index (χ0n) is 23.9. The Morgan fingerprint density at radius 3 is 2.54 bits per heavy atom. The van der Waals surface area contributed by atoms with Gasteiger partial charge in [0, 0.05) is 17.7 Å². The lowest BCUT2D eigenvalue weighted by atomic mass is 9.93. The molecule has 1 fully saturated rings. The fourth-order valence-electron chi connectivity index (χ4n) is 4.90. The SMILES string of the molecule is COc1nc2nc(C)nc(N[C@H](C)c3cccc(C(F)(F)COCCN(C)C)c3F)c2cc1C1CCS(=O)(=O)CC1. The third-order valence-electron chi connectivity index (χ3n) is 7.19. The molecule has 0 unspecified atom stereocenters. The molecule has 9 nitrogen and oxygen atoms in total. The van der Waals surface area contributed by atoms with Gasteiger partial charge < -0.3 is 19.7 Å². The van der Waals surface area contributed by atoms with Crippen LogP contribution in [0.5, 0.6) is 5.88 Å². The zero-order chi connectivity index (χ0) is 29.9. The number of alkyl halides is 2. The molecule has 0 bridgehead atoms. The van der Waals surface area contributed by atoms with Crippen molar-refractivity contribution in [3.8, 4) is 5.88 Å². The molecule has 1 atom stereocenters. The summed E-state index contributed by atoms with van der Waals surface area (Å²) >= 11 is 0. The summed E-state index contributed by atoms with van der Waals surface area (Å²) in [6, 6.07) is 4.99. The van der Waals surface area contributed by atoms with Gasteiger partial charge in [-0.3, -0.25) is 0 Å². The molecule has 0 saturated carbocycles. The standard InChI is InChI=1S/C28H36F3N5O4S/c1-17(20-7-6-8-23(24(20)29)28(30,31)16-40-12-11-36(3)4)32-25-22-15-21(19-9-13-41(37,38)14-10-19)27(39-5)35-26(22)34-18(2)33-25/h6-8,15,17,19H,9-14,16H2,1-5H3,(H,32,33,34,35)/t17-/m1/s1. The highest BCUT2D eigenvalue weighted by Crippen LogP contribution is 2.38. The van der Waals surface area contributed by atoms with Crippen LogP contribution in [-0.4, -0.2) is 80.7 Å². The molecule has 0 aliphatic carbocycles. The topological polar surface area (TPSA) is 107 Å². The van der Waals surface area contributed by atoms with E-state index in [1.807, 2.05) is 6.07 Å². The number of nitrogens with zero attached hydrogens (tertiary/aromatic N) is 4. The third kappa shape index (κ3) is 7.25. The van der Waals surface area contributed by atoms with Crippen molar-refractivity contribution in [2.24, 2.45) is 0 Å². The van der Waals surface area contributed by atoms with Crippen molar-refractivity contribution in [1.82, 2.24) is 19.9 Å². The van der Waals surface area contributed by atoms with Crippen LogP contribution >= 0.6 is 0 Å². The molecule has 3 heterocycles. The van der Waals surface area contributed by atoms with Crippen LogP contribution in [0, 0.1) is 12.7 Å². The second kappa shape index (κ2) is 12.5. The normalized spacial score (nSPS) is 16.7. The van der Waals surface area contributed by atoms with E-state index < -0.39 is 39.8 Å². The smallest absolute Gasteiger partial charge is 0.298 e. The van der Waals surface area contributed by atoms with Crippen molar-refractivity contribution in [3.63, 3.8) is 0 Å². The Hall–Kier alpha value is -3.03. The first-order valence-electron chi connectivity index (χ1n) is 13.4. The summed E-state index contributed by atoms with van der Waals surface area (Å²) in [5.74, 6) is -3.38. The molecule has 0 spiro atoms. The van der Waals surface area contributed by atoms with Gasteiger partial charge in [0.05, 0.1) is 42.2 Å². The van der Waals surface area contributed by atoms with E-state index in [-0.39, 0.29) is 29.6 Å². The molecule has 2 aromatic heterocycles. The lowest BCUT2D eigenvalue weighted by Gasteiger charge is -2.24. The predicted molar refractivity (Wildman–Crippen MR) is 151 cm³/mol. The average Bonchev–Trinajstić information content (AvgIpc) is 2.90. The first kappa shape index (κ1) is 30.9. The molecule has 0 radical (unpaired) electrons. The van der Waals surface area contributed by atoms with Crippen LogP contribution in [0.3, 0.4) is 0 Å². The predicted octanol–water partition coefficient (Wildman–Crippen LogP) is 4.62. The Balaban J connectivity index is 1.64. The van der Waals surface area contributed by atoms with Crippen molar-refractivity contribution >= 4 is 26.7 Å². The van der Waals surface area contributed by atoms with Crippen molar-refractivity contribution in [3.05, 3.63) is 52.6 Å². The Bertz CT molecular complexity index is 1490. The molecule has 3 aromatic rings. The summed E-state index contributed by atoms with van der Waals surface area (Å²) in [6.07, 6.45) is 0.867. The minimum Gasteiger partial charge on any atom is -0.481 e. The Kier molecular flexibility index (Phi) is 9.39. The van der Waals surface area contributed by atoms with E-state index in [0.29, 0.717) is 47.9 Å². The number of rotatable bonds is 11. The maximum Gasteiger partial charge on any atom is 0.298 e. The van der Waals surface area contributed by atoms with Crippen LogP contribution in [0.1, 0.15) is 54.2 Å². The molecular weight excluding hydrogens is 559 g/mol. The Labute approximate surface area is 238 Å².